The average molecular weight is 352 g/mol. The molecule has 4 rings (SSSR count). The maximum atomic E-state index is 5.91. The molecule has 0 bridgehead atoms. The SMILES string of the molecule is c1ccc(N2CCc3nc(OCCCN4CCCCC4)ccc3C2)nc1. The van der Waals surface area contributed by atoms with Crippen molar-refractivity contribution in [2.45, 2.75) is 38.6 Å². The van der Waals surface area contributed by atoms with Crippen molar-refractivity contribution in [1.29, 1.82) is 0 Å². The highest BCUT2D eigenvalue weighted by atomic mass is 16.5. The molecule has 2 aromatic heterocycles. The van der Waals surface area contributed by atoms with Crippen molar-refractivity contribution in [3.05, 3.63) is 47.8 Å². The Morgan fingerprint density at radius 2 is 1.92 bits per heavy atom. The number of anilines is 1. The number of nitrogens with zero attached hydrogens (tertiary/aromatic N) is 4. The molecule has 2 aliphatic rings. The Bertz CT molecular complexity index is 700. The molecule has 138 valence electrons. The predicted octanol–water partition coefficient (Wildman–Crippen LogP) is 3.29. The van der Waals surface area contributed by atoms with E-state index in [-0.39, 0.29) is 0 Å². The predicted molar refractivity (Wildman–Crippen MR) is 104 cm³/mol. The van der Waals surface area contributed by atoms with Gasteiger partial charge in [0.1, 0.15) is 5.82 Å². The highest BCUT2D eigenvalue weighted by molar-refractivity contribution is 5.42. The highest BCUT2D eigenvalue weighted by Gasteiger charge is 2.19. The van der Waals surface area contributed by atoms with Crippen LogP contribution in [-0.4, -0.2) is 47.7 Å². The van der Waals surface area contributed by atoms with Crippen LogP contribution in [0.3, 0.4) is 0 Å². The van der Waals surface area contributed by atoms with E-state index in [2.05, 4.69) is 26.9 Å². The van der Waals surface area contributed by atoms with E-state index in [1.807, 2.05) is 24.4 Å². The van der Waals surface area contributed by atoms with Gasteiger partial charge in [0.2, 0.25) is 5.88 Å². The monoisotopic (exact) mass is 352 g/mol. The second-order valence-corrected chi connectivity index (χ2v) is 7.22. The number of aromatic nitrogens is 2. The number of hydrogen-bond donors (Lipinski definition) is 0. The summed E-state index contributed by atoms with van der Waals surface area (Å²) in [4.78, 5) is 14.1. The van der Waals surface area contributed by atoms with Crippen molar-refractivity contribution in [2.75, 3.05) is 37.7 Å². The van der Waals surface area contributed by atoms with E-state index in [0.29, 0.717) is 0 Å². The number of ether oxygens (including phenoxy) is 1. The summed E-state index contributed by atoms with van der Waals surface area (Å²) < 4.78 is 5.91. The van der Waals surface area contributed by atoms with E-state index in [9.17, 15) is 0 Å². The first-order valence-corrected chi connectivity index (χ1v) is 9.88. The molecule has 2 aliphatic heterocycles. The van der Waals surface area contributed by atoms with Crippen molar-refractivity contribution >= 4 is 5.82 Å². The molecule has 5 heteroatoms. The molecule has 1 fully saturated rings. The van der Waals surface area contributed by atoms with Gasteiger partial charge in [0.15, 0.2) is 0 Å². The van der Waals surface area contributed by atoms with Crippen molar-refractivity contribution < 1.29 is 4.74 Å². The van der Waals surface area contributed by atoms with Gasteiger partial charge in [-0.3, -0.25) is 0 Å². The zero-order valence-corrected chi connectivity index (χ0v) is 15.4. The smallest absolute Gasteiger partial charge is 0.213 e. The van der Waals surface area contributed by atoms with Crippen LogP contribution in [0.15, 0.2) is 36.5 Å². The molecule has 1 saturated heterocycles. The van der Waals surface area contributed by atoms with Crippen LogP contribution in [0.2, 0.25) is 0 Å². The molecule has 0 aliphatic carbocycles. The van der Waals surface area contributed by atoms with Gasteiger partial charge in [0.05, 0.1) is 12.3 Å². The molecule has 0 atom stereocenters. The van der Waals surface area contributed by atoms with Crippen LogP contribution in [0.5, 0.6) is 5.88 Å². The van der Waals surface area contributed by atoms with Crippen LogP contribution in [0.4, 0.5) is 5.82 Å². The van der Waals surface area contributed by atoms with Crippen LogP contribution in [0.25, 0.3) is 0 Å². The van der Waals surface area contributed by atoms with Crippen molar-refractivity contribution in [3.8, 4) is 5.88 Å². The number of pyridine rings is 2. The summed E-state index contributed by atoms with van der Waals surface area (Å²) in [5.41, 5.74) is 2.45. The van der Waals surface area contributed by atoms with E-state index in [0.717, 1.165) is 50.8 Å². The van der Waals surface area contributed by atoms with E-state index in [1.165, 1.54) is 43.6 Å². The van der Waals surface area contributed by atoms with Gasteiger partial charge in [-0.1, -0.05) is 18.6 Å². The summed E-state index contributed by atoms with van der Waals surface area (Å²) in [5.74, 6) is 1.81. The Balaban J connectivity index is 1.28. The van der Waals surface area contributed by atoms with Gasteiger partial charge < -0.3 is 14.5 Å². The molecule has 0 spiro atoms. The zero-order chi connectivity index (χ0) is 17.6. The van der Waals surface area contributed by atoms with Crippen LogP contribution in [0.1, 0.15) is 36.9 Å². The van der Waals surface area contributed by atoms with Gasteiger partial charge in [-0.25, -0.2) is 9.97 Å². The summed E-state index contributed by atoms with van der Waals surface area (Å²) in [6.07, 6.45) is 7.96. The fraction of sp³-hybridized carbons (Fsp3) is 0.524. The summed E-state index contributed by atoms with van der Waals surface area (Å²) in [5, 5.41) is 0. The molecule has 0 aromatic carbocycles. The first-order chi connectivity index (χ1) is 12.9. The Hall–Kier alpha value is -2.14. The average Bonchev–Trinajstić information content (AvgIpc) is 2.72. The molecule has 2 aromatic rings. The van der Waals surface area contributed by atoms with Gasteiger partial charge in [-0.15, -0.1) is 0 Å². The van der Waals surface area contributed by atoms with E-state index in [1.54, 1.807) is 0 Å². The second-order valence-electron chi connectivity index (χ2n) is 7.22. The highest BCUT2D eigenvalue weighted by Crippen LogP contribution is 2.23. The summed E-state index contributed by atoms with van der Waals surface area (Å²) >= 11 is 0. The quantitative estimate of drug-likeness (QED) is 0.746. The minimum absolute atomic E-state index is 0.752. The Morgan fingerprint density at radius 1 is 1.00 bits per heavy atom. The second kappa shape index (κ2) is 8.49. The summed E-state index contributed by atoms with van der Waals surface area (Å²) in [6.45, 7) is 6.23. The lowest BCUT2D eigenvalue weighted by Crippen LogP contribution is -2.31. The Labute approximate surface area is 156 Å². The van der Waals surface area contributed by atoms with Gasteiger partial charge in [-0.2, -0.15) is 0 Å². The van der Waals surface area contributed by atoms with Crippen molar-refractivity contribution in [3.63, 3.8) is 0 Å². The van der Waals surface area contributed by atoms with Crippen LogP contribution in [-0.2, 0) is 13.0 Å². The third-order valence-electron chi connectivity index (χ3n) is 5.31. The first-order valence-electron chi connectivity index (χ1n) is 9.88. The van der Waals surface area contributed by atoms with E-state index in [4.69, 9.17) is 9.72 Å². The molecule has 0 unspecified atom stereocenters. The van der Waals surface area contributed by atoms with Crippen molar-refractivity contribution in [1.82, 2.24) is 14.9 Å². The lowest BCUT2D eigenvalue weighted by atomic mass is 10.1. The number of rotatable bonds is 6. The molecule has 26 heavy (non-hydrogen) atoms. The molecule has 0 radical (unpaired) electrons. The van der Waals surface area contributed by atoms with Gasteiger partial charge in [0, 0.05) is 38.3 Å². The molecular formula is C21H28N4O. The summed E-state index contributed by atoms with van der Waals surface area (Å²) in [6, 6.07) is 10.2. The number of likely N-dealkylation sites (tertiary alicyclic amines) is 1. The normalized spacial score (nSPS) is 17.8. The van der Waals surface area contributed by atoms with Crippen molar-refractivity contribution in [2.24, 2.45) is 0 Å². The molecule has 0 saturated carbocycles. The first kappa shape index (κ1) is 17.3. The topological polar surface area (TPSA) is 41.5 Å². The van der Waals surface area contributed by atoms with Crippen LogP contribution >= 0.6 is 0 Å². The maximum Gasteiger partial charge on any atom is 0.213 e. The van der Waals surface area contributed by atoms with Gasteiger partial charge in [0.25, 0.3) is 0 Å². The standard InChI is InChI=1S/C21H28N4O/c1-4-12-24(13-5-1)14-6-16-26-21-9-8-18-17-25(15-10-19(18)23-21)20-7-2-3-11-22-20/h2-3,7-9,11H,1,4-6,10,12-17H2. The Kier molecular flexibility index (Phi) is 5.65. The molecule has 0 amide bonds. The number of piperidine rings is 1. The maximum absolute atomic E-state index is 5.91. The lowest BCUT2D eigenvalue weighted by molar-refractivity contribution is 0.203. The molecule has 5 nitrogen and oxygen atoms in total. The minimum Gasteiger partial charge on any atom is -0.478 e. The number of fused-ring (bicyclic) bond motifs is 1. The molecular weight excluding hydrogens is 324 g/mol. The zero-order valence-electron chi connectivity index (χ0n) is 15.4. The Morgan fingerprint density at radius 3 is 2.77 bits per heavy atom. The molecule has 4 heterocycles. The number of hydrogen-bond acceptors (Lipinski definition) is 5. The van der Waals surface area contributed by atoms with Crippen LogP contribution in [0, 0.1) is 0 Å². The fourth-order valence-electron chi connectivity index (χ4n) is 3.86. The van der Waals surface area contributed by atoms with Gasteiger partial charge >= 0.3 is 0 Å². The largest absolute Gasteiger partial charge is 0.478 e. The third kappa shape index (κ3) is 4.33. The van der Waals surface area contributed by atoms with E-state index >= 15 is 0 Å². The molecule has 0 N–H and O–H groups in total. The van der Waals surface area contributed by atoms with Crippen LogP contribution < -0.4 is 9.64 Å². The minimum atomic E-state index is 0.752. The third-order valence-corrected chi connectivity index (χ3v) is 5.31. The van der Waals surface area contributed by atoms with E-state index < -0.39 is 0 Å². The lowest BCUT2D eigenvalue weighted by Gasteiger charge is -2.29. The fourth-order valence-corrected chi connectivity index (χ4v) is 3.86. The van der Waals surface area contributed by atoms with Gasteiger partial charge in [-0.05, 0) is 50.0 Å². The summed E-state index contributed by atoms with van der Waals surface area (Å²) in [7, 11) is 0.